The molecule has 0 fully saturated rings. The van der Waals surface area contributed by atoms with Gasteiger partial charge in [-0.25, -0.2) is 0 Å². The van der Waals surface area contributed by atoms with E-state index in [4.69, 9.17) is 4.42 Å². The first-order chi connectivity index (χ1) is 23.8. The molecule has 1 heterocycles. The van der Waals surface area contributed by atoms with Crippen LogP contribution in [-0.2, 0) is 0 Å². The molecule has 2 nitrogen and oxygen atoms in total. The maximum Gasteiger partial charge on any atom is 0.135 e. The Kier molecular flexibility index (Phi) is 6.84. The van der Waals surface area contributed by atoms with Gasteiger partial charge in [-0.15, -0.1) is 0 Å². The van der Waals surface area contributed by atoms with Gasteiger partial charge < -0.3 is 9.32 Å². The van der Waals surface area contributed by atoms with Crippen molar-refractivity contribution in [2.45, 2.75) is 0 Å². The number of anilines is 3. The summed E-state index contributed by atoms with van der Waals surface area (Å²) in [7, 11) is 0. The number of hydrogen-bond donors (Lipinski definition) is 0. The van der Waals surface area contributed by atoms with Gasteiger partial charge in [0.25, 0.3) is 0 Å². The molecule has 0 N–H and O–H groups in total. The van der Waals surface area contributed by atoms with Crippen LogP contribution in [0.15, 0.2) is 192 Å². The highest BCUT2D eigenvalue weighted by Gasteiger charge is 2.16. The number of para-hydroxylation sites is 1. The Morgan fingerprint density at radius 3 is 1.77 bits per heavy atom. The Balaban J connectivity index is 1.13. The molecule has 1 aromatic heterocycles. The Morgan fingerprint density at radius 1 is 0.312 bits per heavy atom. The highest BCUT2D eigenvalue weighted by atomic mass is 16.3. The van der Waals surface area contributed by atoms with Crippen molar-refractivity contribution in [3.8, 4) is 33.6 Å². The first kappa shape index (κ1) is 27.9. The molecule has 9 rings (SSSR count). The van der Waals surface area contributed by atoms with Gasteiger partial charge in [0.05, 0.1) is 0 Å². The second-order valence-electron chi connectivity index (χ2n) is 12.2. The van der Waals surface area contributed by atoms with Crippen molar-refractivity contribution in [3.63, 3.8) is 0 Å². The van der Waals surface area contributed by atoms with E-state index in [1.807, 2.05) is 18.2 Å². The molecule has 0 unspecified atom stereocenters. The van der Waals surface area contributed by atoms with Gasteiger partial charge in [-0.05, 0) is 98.4 Å². The molecule has 0 atom stereocenters. The molecular weight excluding hydrogens is 583 g/mol. The van der Waals surface area contributed by atoms with Crippen molar-refractivity contribution in [1.29, 1.82) is 0 Å². The molecule has 0 radical (unpaired) electrons. The Labute approximate surface area is 279 Å². The molecule has 9 aromatic rings. The predicted molar refractivity (Wildman–Crippen MR) is 202 cm³/mol. The smallest absolute Gasteiger partial charge is 0.135 e. The zero-order chi connectivity index (χ0) is 31.9. The molecule has 0 bridgehead atoms. The summed E-state index contributed by atoms with van der Waals surface area (Å²) >= 11 is 0. The first-order valence-corrected chi connectivity index (χ1v) is 16.3. The second-order valence-corrected chi connectivity index (χ2v) is 12.2. The van der Waals surface area contributed by atoms with Gasteiger partial charge in [0.2, 0.25) is 0 Å². The van der Waals surface area contributed by atoms with Crippen LogP contribution in [0.4, 0.5) is 17.1 Å². The molecule has 0 aliphatic rings. The summed E-state index contributed by atoms with van der Waals surface area (Å²) in [5.41, 5.74) is 9.97. The quantitative estimate of drug-likeness (QED) is 0.174. The van der Waals surface area contributed by atoms with Crippen LogP contribution in [0.2, 0.25) is 0 Å². The van der Waals surface area contributed by atoms with Gasteiger partial charge in [-0.2, -0.15) is 0 Å². The summed E-state index contributed by atoms with van der Waals surface area (Å²) in [5.74, 6) is 0.878. The summed E-state index contributed by atoms with van der Waals surface area (Å²) in [6, 6.07) is 67.0. The SMILES string of the molecule is c1ccc(-c2cccc(N(c3ccc(-c4cccc(-c5cc6ccccc6o5)c4)cc3)c3ccc4c(ccc5ccccc54)c3)c2)cc1. The monoisotopic (exact) mass is 613 g/mol. The van der Waals surface area contributed by atoms with Crippen LogP contribution in [0.5, 0.6) is 0 Å². The van der Waals surface area contributed by atoms with Crippen molar-refractivity contribution in [3.05, 3.63) is 188 Å². The Bertz CT molecular complexity index is 2530. The fourth-order valence-corrected chi connectivity index (χ4v) is 6.82. The first-order valence-electron chi connectivity index (χ1n) is 16.3. The minimum Gasteiger partial charge on any atom is -0.456 e. The lowest BCUT2D eigenvalue weighted by Gasteiger charge is -2.27. The molecule has 226 valence electrons. The third-order valence-electron chi connectivity index (χ3n) is 9.23. The van der Waals surface area contributed by atoms with Crippen molar-refractivity contribution >= 4 is 49.6 Å². The third kappa shape index (κ3) is 5.10. The molecule has 2 heteroatoms. The molecule has 0 aliphatic carbocycles. The molecule has 0 saturated carbocycles. The number of benzene rings is 8. The van der Waals surface area contributed by atoms with Crippen LogP contribution in [0.1, 0.15) is 0 Å². The van der Waals surface area contributed by atoms with Crippen LogP contribution < -0.4 is 4.90 Å². The Morgan fingerprint density at radius 2 is 0.917 bits per heavy atom. The van der Waals surface area contributed by atoms with Gasteiger partial charge >= 0.3 is 0 Å². The zero-order valence-corrected chi connectivity index (χ0v) is 26.3. The maximum atomic E-state index is 6.18. The third-order valence-corrected chi connectivity index (χ3v) is 9.23. The van der Waals surface area contributed by atoms with Crippen molar-refractivity contribution < 1.29 is 4.42 Å². The van der Waals surface area contributed by atoms with E-state index in [2.05, 4.69) is 175 Å². The van der Waals surface area contributed by atoms with E-state index in [0.717, 1.165) is 50.5 Å². The Hall–Kier alpha value is -6.38. The molecule has 0 aliphatic heterocycles. The lowest BCUT2D eigenvalue weighted by molar-refractivity contribution is 0.631. The summed E-state index contributed by atoms with van der Waals surface area (Å²) in [5, 5.41) is 6.11. The normalized spacial score (nSPS) is 11.3. The lowest BCUT2D eigenvalue weighted by Crippen LogP contribution is -2.10. The standard InChI is InChI=1S/C46H31NO/c1-2-10-32(11-3-1)36-15-9-17-41(29-36)47(42-26-27-44-37(30-42)21-20-34-12-4-6-18-43(34)44)40-24-22-33(23-25-40)35-14-8-16-38(28-35)46-31-39-13-5-7-19-45(39)48-46/h1-31H. The number of hydrogen-bond acceptors (Lipinski definition) is 2. The predicted octanol–water partition coefficient (Wildman–Crippen LogP) is 13.2. The van der Waals surface area contributed by atoms with Gasteiger partial charge in [-0.3, -0.25) is 0 Å². The van der Waals surface area contributed by atoms with E-state index < -0.39 is 0 Å². The van der Waals surface area contributed by atoms with Crippen LogP contribution in [0.3, 0.4) is 0 Å². The summed E-state index contributed by atoms with van der Waals surface area (Å²) in [4.78, 5) is 2.36. The average molecular weight is 614 g/mol. The van der Waals surface area contributed by atoms with Crippen LogP contribution in [0, 0.1) is 0 Å². The molecule has 48 heavy (non-hydrogen) atoms. The van der Waals surface area contributed by atoms with Gasteiger partial charge in [-0.1, -0.05) is 133 Å². The number of furan rings is 1. The zero-order valence-electron chi connectivity index (χ0n) is 26.3. The molecule has 0 amide bonds. The minimum atomic E-state index is 0.878. The van der Waals surface area contributed by atoms with E-state index in [0.29, 0.717) is 0 Å². The largest absolute Gasteiger partial charge is 0.456 e. The molecule has 8 aromatic carbocycles. The summed E-state index contributed by atoms with van der Waals surface area (Å²) < 4.78 is 6.18. The number of fused-ring (bicyclic) bond motifs is 4. The van der Waals surface area contributed by atoms with E-state index in [9.17, 15) is 0 Å². The van der Waals surface area contributed by atoms with Gasteiger partial charge in [0.15, 0.2) is 0 Å². The lowest BCUT2D eigenvalue weighted by atomic mass is 10.00. The number of rotatable bonds is 6. The molecular formula is C46H31NO. The van der Waals surface area contributed by atoms with E-state index in [-0.39, 0.29) is 0 Å². The topological polar surface area (TPSA) is 16.4 Å². The summed E-state index contributed by atoms with van der Waals surface area (Å²) in [6.07, 6.45) is 0. The van der Waals surface area contributed by atoms with E-state index in [1.54, 1.807) is 0 Å². The van der Waals surface area contributed by atoms with Crippen molar-refractivity contribution in [2.24, 2.45) is 0 Å². The van der Waals surface area contributed by atoms with Crippen molar-refractivity contribution in [2.75, 3.05) is 4.90 Å². The fraction of sp³-hybridized carbons (Fsp3) is 0. The van der Waals surface area contributed by atoms with E-state index >= 15 is 0 Å². The maximum absolute atomic E-state index is 6.18. The highest BCUT2D eigenvalue weighted by Crippen LogP contribution is 2.40. The van der Waals surface area contributed by atoms with Crippen molar-refractivity contribution in [1.82, 2.24) is 0 Å². The second kappa shape index (κ2) is 11.8. The van der Waals surface area contributed by atoms with Crippen LogP contribution in [-0.4, -0.2) is 0 Å². The van der Waals surface area contributed by atoms with Gasteiger partial charge in [0.1, 0.15) is 11.3 Å². The average Bonchev–Trinajstić information content (AvgIpc) is 3.60. The van der Waals surface area contributed by atoms with E-state index in [1.165, 1.54) is 32.7 Å². The fourth-order valence-electron chi connectivity index (χ4n) is 6.82. The van der Waals surface area contributed by atoms with Gasteiger partial charge in [0, 0.05) is 28.0 Å². The minimum absolute atomic E-state index is 0.878. The molecule has 0 spiro atoms. The summed E-state index contributed by atoms with van der Waals surface area (Å²) in [6.45, 7) is 0. The van der Waals surface area contributed by atoms with Crippen LogP contribution >= 0.6 is 0 Å². The number of nitrogens with zero attached hydrogens (tertiary/aromatic N) is 1. The molecule has 0 saturated heterocycles. The van der Waals surface area contributed by atoms with Crippen LogP contribution in [0.25, 0.3) is 66.1 Å². The highest BCUT2D eigenvalue weighted by molar-refractivity contribution is 6.08.